The predicted molar refractivity (Wildman–Crippen MR) is 112 cm³/mol. The van der Waals surface area contributed by atoms with Gasteiger partial charge in [0, 0.05) is 29.8 Å². The molecule has 0 saturated carbocycles. The van der Waals surface area contributed by atoms with Gasteiger partial charge in [0.1, 0.15) is 10.8 Å². The van der Waals surface area contributed by atoms with Gasteiger partial charge in [0.05, 0.1) is 7.11 Å². The molecular weight excluding hydrogens is 388 g/mol. The number of ether oxygens (including phenoxy) is 1. The van der Waals surface area contributed by atoms with Crippen molar-refractivity contribution in [3.63, 3.8) is 0 Å². The smallest absolute Gasteiger partial charge is 0.286 e. The highest BCUT2D eigenvalue weighted by molar-refractivity contribution is 7.13. The molecule has 0 atom stereocenters. The van der Waals surface area contributed by atoms with E-state index in [4.69, 9.17) is 4.74 Å². The van der Waals surface area contributed by atoms with Gasteiger partial charge in [-0.1, -0.05) is 36.5 Å². The van der Waals surface area contributed by atoms with Crippen LogP contribution in [0.3, 0.4) is 0 Å². The molecule has 0 saturated heterocycles. The van der Waals surface area contributed by atoms with E-state index in [1.165, 1.54) is 11.3 Å². The fourth-order valence-corrected chi connectivity index (χ4v) is 3.51. The van der Waals surface area contributed by atoms with E-state index in [-0.39, 0.29) is 11.8 Å². The van der Waals surface area contributed by atoms with Gasteiger partial charge >= 0.3 is 0 Å². The third kappa shape index (κ3) is 5.39. The zero-order chi connectivity index (χ0) is 20.6. The van der Waals surface area contributed by atoms with Crippen molar-refractivity contribution in [3.8, 4) is 5.75 Å². The van der Waals surface area contributed by atoms with Crippen LogP contribution in [0.2, 0.25) is 0 Å². The third-order valence-corrected chi connectivity index (χ3v) is 5.14. The lowest BCUT2D eigenvalue weighted by atomic mass is 10.1. The van der Waals surface area contributed by atoms with E-state index < -0.39 is 0 Å². The fraction of sp³-hybridized carbons (Fsp3) is 0.238. The minimum atomic E-state index is -0.307. The Morgan fingerprint density at radius 3 is 2.52 bits per heavy atom. The average Bonchev–Trinajstić information content (AvgIpc) is 3.22. The molecule has 1 heterocycles. The summed E-state index contributed by atoms with van der Waals surface area (Å²) in [5.41, 5.74) is 1.98. The van der Waals surface area contributed by atoms with Crippen LogP contribution in [0.25, 0.3) is 0 Å². The largest absolute Gasteiger partial charge is 0.496 e. The van der Waals surface area contributed by atoms with E-state index in [2.05, 4.69) is 27.8 Å². The molecule has 29 heavy (non-hydrogen) atoms. The first-order chi connectivity index (χ1) is 14.1. The Bertz CT molecular complexity index is 986. The third-order valence-electron chi connectivity index (χ3n) is 4.16. The summed E-state index contributed by atoms with van der Waals surface area (Å²) in [5, 5.41) is 14.7. The van der Waals surface area contributed by atoms with Crippen LogP contribution >= 0.6 is 11.3 Å². The van der Waals surface area contributed by atoms with Gasteiger partial charge in [0.25, 0.3) is 11.8 Å². The van der Waals surface area contributed by atoms with Gasteiger partial charge in [-0.3, -0.25) is 9.59 Å². The van der Waals surface area contributed by atoms with Crippen molar-refractivity contribution < 1.29 is 14.3 Å². The quantitative estimate of drug-likeness (QED) is 0.591. The van der Waals surface area contributed by atoms with Gasteiger partial charge < -0.3 is 15.4 Å². The summed E-state index contributed by atoms with van der Waals surface area (Å²) in [6.45, 7) is 2.41. The number of carbonyl (C=O) groups excluding carboxylic acids is 2. The Labute approximate surface area is 173 Å². The maximum Gasteiger partial charge on any atom is 0.286 e. The molecule has 3 rings (SSSR count). The highest BCUT2D eigenvalue weighted by Gasteiger charge is 2.13. The number of aromatic nitrogens is 2. The molecule has 1 aromatic heterocycles. The molecule has 0 aliphatic rings. The minimum absolute atomic E-state index is 0.206. The molecule has 2 aromatic carbocycles. The van der Waals surface area contributed by atoms with Gasteiger partial charge in [-0.25, -0.2) is 0 Å². The summed E-state index contributed by atoms with van der Waals surface area (Å²) in [5.74, 6) is 0.213. The van der Waals surface area contributed by atoms with E-state index in [0.717, 1.165) is 29.2 Å². The number of para-hydroxylation sites is 1. The standard InChI is InChI=1S/C21H22N4O3S/c1-3-6-18-24-25-21(29-18)20(27)23-16-11-9-14(10-12-16)19(26)22-13-15-7-4-5-8-17(15)28-2/h4-5,7-12H,3,6,13H2,1-2H3,(H,22,26)(H,23,27). The van der Waals surface area contributed by atoms with Crippen molar-refractivity contribution in [1.82, 2.24) is 15.5 Å². The summed E-state index contributed by atoms with van der Waals surface area (Å²) >= 11 is 1.29. The number of amides is 2. The Kier molecular flexibility index (Phi) is 6.91. The number of aryl methyl sites for hydroxylation is 1. The van der Waals surface area contributed by atoms with Crippen LogP contribution in [-0.4, -0.2) is 29.1 Å². The lowest BCUT2D eigenvalue weighted by Crippen LogP contribution is -2.23. The lowest BCUT2D eigenvalue weighted by Gasteiger charge is -2.10. The van der Waals surface area contributed by atoms with Crippen LogP contribution in [0, 0.1) is 0 Å². The Hall–Kier alpha value is -3.26. The second-order valence-corrected chi connectivity index (χ2v) is 7.34. The van der Waals surface area contributed by atoms with Gasteiger partial charge in [-0.05, 0) is 36.8 Å². The highest BCUT2D eigenvalue weighted by Crippen LogP contribution is 2.18. The number of nitrogens with one attached hydrogen (secondary N) is 2. The number of methoxy groups -OCH3 is 1. The molecule has 2 amide bonds. The molecule has 0 spiro atoms. The van der Waals surface area contributed by atoms with Crippen molar-refractivity contribution in [3.05, 3.63) is 69.7 Å². The maximum atomic E-state index is 12.4. The topological polar surface area (TPSA) is 93.2 Å². The second-order valence-electron chi connectivity index (χ2n) is 6.28. The first kappa shape index (κ1) is 20.5. The van der Waals surface area contributed by atoms with Gasteiger partial charge in [0.2, 0.25) is 5.01 Å². The second kappa shape index (κ2) is 9.79. The number of nitrogens with zero attached hydrogens (tertiary/aromatic N) is 2. The van der Waals surface area contributed by atoms with E-state index in [1.807, 2.05) is 24.3 Å². The number of carbonyl (C=O) groups is 2. The van der Waals surface area contributed by atoms with Gasteiger partial charge in [-0.15, -0.1) is 10.2 Å². The molecule has 3 aromatic rings. The van der Waals surface area contributed by atoms with E-state index in [1.54, 1.807) is 31.4 Å². The van der Waals surface area contributed by atoms with E-state index in [0.29, 0.717) is 22.8 Å². The van der Waals surface area contributed by atoms with E-state index in [9.17, 15) is 9.59 Å². The summed E-state index contributed by atoms with van der Waals surface area (Å²) < 4.78 is 5.29. The summed E-state index contributed by atoms with van der Waals surface area (Å²) in [7, 11) is 1.60. The molecule has 0 aliphatic heterocycles. The molecular formula is C21H22N4O3S. The van der Waals surface area contributed by atoms with Crippen LogP contribution < -0.4 is 15.4 Å². The van der Waals surface area contributed by atoms with Crippen LogP contribution in [0.15, 0.2) is 48.5 Å². The van der Waals surface area contributed by atoms with Crippen LogP contribution in [0.5, 0.6) is 5.75 Å². The molecule has 150 valence electrons. The zero-order valence-corrected chi connectivity index (χ0v) is 17.1. The van der Waals surface area contributed by atoms with Crippen LogP contribution in [0.4, 0.5) is 5.69 Å². The Morgan fingerprint density at radius 1 is 1.03 bits per heavy atom. The number of hydrogen-bond acceptors (Lipinski definition) is 6. The SMILES string of the molecule is CCCc1nnc(C(=O)Nc2ccc(C(=O)NCc3ccccc3OC)cc2)s1. The summed E-state index contributed by atoms with van der Waals surface area (Å²) in [6.07, 6.45) is 1.76. The monoisotopic (exact) mass is 410 g/mol. The maximum absolute atomic E-state index is 12.4. The Balaban J connectivity index is 1.57. The summed E-state index contributed by atoms with van der Waals surface area (Å²) in [4.78, 5) is 24.7. The minimum Gasteiger partial charge on any atom is -0.496 e. The number of anilines is 1. The number of hydrogen-bond donors (Lipinski definition) is 2. The first-order valence-corrected chi connectivity index (χ1v) is 10.1. The van der Waals surface area contributed by atoms with Crippen molar-refractivity contribution in [1.29, 1.82) is 0 Å². The highest BCUT2D eigenvalue weighted by atomic mass is 32.1. The number of rotatable bonds is 8. The van der Waals surface area contributed by atoms with Gasteiger partial charge in [0.15, 0.2) is 0 Å². The summed E-state index contributed by atoms with van der Waals surface area (Å²) in [6, 6.07) is 14.2. The molecule has 2 N–H and O–H groups in total. The van der Waals surface area contributed by atoms with E-state index >= 15 is 0 Å². The molecule has 7 nitrogen and oxygen atoms in total. The lowest BCUT2D eigenvalue weighted by molar-refractivity contribution is 0.0950. The molecule has 0 radical (unpaired) electrons. The molecule has 8 heteroatoms. The fourth-order valence-electron chi connectivity index (χ4n) is 2.68. The van der Waals surface area contributed by atoms with Crippen molar-refractivity contribution in [2.45, 2.75) is 26.3 Å². The average molecular weight is 410 g/mol. The normalized spacial score (nSPS) is 10.4. The Morgan fingerprint density at radius 2 is 1.79 bits per heavy atom. The van der Waals surface area contributed by atoms with Crippen LogP contribution in [0.1, 0.15) is 44.1 Å². The molecule has 0 aliphatic carbocycles. The van der Waals surface area contributed by atoms with Gasteiger partial charge in [-0.2, -0.15) is 0 Å². The number of benzene rings is 2. The zero-order valence-electron chi connectivity index (χ0n) is 16.3. The van der Waals surface area contributed by atoms with Crippen molar-refractivity contribution in [2.24, 2.45) is 0 Å². The molecule has 0 unspecified atom stereocenters. The first-order valence-electron chi connectivity index (χ1n) is 9.24. The molecule has 0 bridgehead atoms. The molecule has 0 fully saturated rings. The van der Waals surface area contributed by atoms with Crippen molar-refractivity contribution >= 4 is 28.8 Å². The van der Waals surface area contributed by atoms with Crippen molar-refractivity contribution in [2.75, 3.05) is 12.4 Å². The van der Waals surface area contributed by atoms with Crippen LogP contribution in [-0.2, 0) is 13.0 Å². The predicted octanol–water partition coefficient (Wildman–Crippen LogP) is 3.68.